The first-order chi connectivity index (χ1) is 16.5. The second kappa shape index (κ2) is 9.86. The third-order valence-corrected chi connectivity index (χ3v) is 8.04. The predicted molar refractivity (Wildman–Crippen MR) is 123 cm³/mol. The van der Waals surface area contributed by atoms with E-state index in [1.54, 1.807) is 32.6 Å². The van der Waals surface area contributed by atoms with Gasteiger partial charge in [0.2, 0.25) is 10.0 Å². The second-order valence-electron chi connectivity index (χ2n) is 8.85. The van der Waals surface area contributed by atoms with Gasteiger partial charge in [-0.25, -0.2) is 18.2 Å². The summed E-state index contributed by atoms with van der Waals surface area (Å²) in [6, 6.07) is 1.99. The summed E-state index contributed by atoms with van der Waals surface area (Å²) in [5.41, 5.74) is -0.327. The number of benzene rings is 1. The number of rotatable bonds is 6. The number of sulfonamides is 1. The zero-order valence-electron chi connectivity index (χ0n) is 19.7. The van der Waals surface area contributed by atoms with Crippen molar-refractivity contribution in [1.29, 1.82) is 0 Å². The number of nitrogens with zero attached hydrogens (tertiary/aromatic N) is 3. The summed E-state index contributed by atoms with van der Waals surface area (Å²) >= 11 is 1.01. The molecule has 0 bridgehead atoms. The fourth-order valence-electron chi connectivity index (χ4n) is 3.41. The van der Waals surface area contributed by atoms with Crippen LogP contribution in [0.4, 0.5) is 18.3 Å². The monoisotopic (exact) mass is 551 g/mol. The third-order valence-electron chi connectivity index (χ3n) is 4.92. The van der Waals surface area contributed by atoms with Gasteiger partial charge in [-0.1, -0.05) is 11.3 Å². The number of carbonyl (C=O) groups excluding carboxylic acids is 1. The third kappa shape index (κ3) is 6.44. The zero-order valence-corrected chi connectivity index (χ0v) is 21.3. The van der Waals surface area contributed by atoms with Crippen LogP contribution in [0, 0.1) is 6.92 Å². The molecule has 0 saturated carbocycles. The summed E-state index contributed by atoms with van der Waals surface area (Å²) in [7, 11) is -4.36. The van der Waals surface area contributed by atoms with Crippen molar-refractivity contribution in [2.24, 2.45) is 0 Å². The molecule has 1 aliphatic heterocycles. The number of aliphatic carboxylic acids is 1. The molecule has 1 aromatic carbocycles. The van der Waals surface area contributed by atoms with E-state index in [0.717, 1.165) is 39.9 Å². The van der Waals surface area contributed by atoms with Gasteiger partial charge in [0.15, 0.2) is 5.13 Å². The highest BCUT2D eigenvalue weighted by Crippen LogP contribution is 2.32. The Morgan fingerprint density at radius 1 is 1.14 bits per heavy atom. The van der Waals surface area contributed by atoms with E-state index < -0.39 is 45.7 Å². The largest absolute Gasteiger partial charge is 0.573 e. The molecule has 2 heterocycles. The maximum absolute atomic E-state index is 13.1. The van der Waals surface area contributed by atoms with Gasteiger partial charge in [-0.2, -0.15) is 4.31 Å². The lowest BCUT2D eigenvalue weighted by atomic mass is 10.2. The van der Waals surface area contributed by atoms with E-state index in [0.29, 0.717) is 10.8 Å². The summed E-state index contributed by atoms with van der Waals surface area (Å²) in [6.45, 7) is 6.34. The van der Waals surface area contributed by atoms with Crippen LogP contribution in [-0.2, 0) is 19.6 Å². The van der Waals surface area contributed by atoms with Crippen LogP contribution < -0.4 is 9.64 Å². The number of halogens is 3. The molecule has 0 unspecified atom stereocenters. The highest BCUT2D eigenvalue weighted by Gasteiger charge is 2.41. The standard InChI is InChI=1S/C21H24F3N3O7S2/c1-12-16(18(30)34-20(2,3)4)35-19(25-12)26-9-10-27(15(11-26)17(28)29)36(31,32)14-7-5-13(6-8-14)33-21(22,23)24/h5-8,15H,9-11H2,1-4H3,(H,28,29)/t15-/m1/s1. The molecule has 0 spiro atoms. The van der Waals surface area contributed by atoms with E-state index in [1.807, 2.05) is 0 Å². The number of hydrogen-bond acceptors (Lipinski definition) is 9. The average molecular weight is 552 g/mol. The van der Waals surface area contributed by atoms with Crippen LogP contribution in [-0.4, -0.2) is 72.4 Å². The minimum Gasteiger partial charge on any atom is -0.480 e. The first-order valence-electron chi connectivity index (χ1n) is 10.5. The number of esters is 1. The van der Waals surface area contributed by atoms with E-state index in [1.165, 1.54) is 0 Å². The molecule has 0 amide bonds. The van der Waals surface area contributed by atoms with Crippen molar-refractivity contribution in [1.82, 2.24) is 9.29 Å². The Kier molecular flexibility index (Phi) is 7.58. The summed E-state index contributed by atoms with van der Waals surface area (Å²) in [5.74, 6) is -2.60. The molecule has 36 heavy (non-hydrogen) atoms. The van der Waals surface area contributed by atoms with Crippen molar-refractivity contribution in [2.75, 3.05) is 24.5 Å². The highest BCUT2D eigenvalue weighted by molar-refractivity contribution is 7.89. The molecule has 2 aromatic rings. The number of aromatic nitrogens is 1. The molecule has 1 aliphatic rings. The van der Waals surface area contributed by atoms with Gasteiger partial charge in [0.1, 0.15) is 22.3 Å². The van der Waals surface area contributed by atoms with Gasteiger partial charge in [0.25, 0.3) is 0 Å². The van der Waals surface area contributed by atoms with Crippen LogP contribution in [0.2, 0.25) is 0 Å². The van der Waals surface area contributed by atoms with Crippen LogP contribution in [0.15, 0.2) is 29.2 Å². The fourth-order valence-corrected chi connectivity index (χ4v) is 5.95. The van der Waals surface area contributed by atoms with E-state index in [2.05, 4.69) is 9.72 Å². The quantitative estimate of drug-likeness (QED) is 0.538. The van der Waals surface area contributed by atoms with Gasteiger partial charge in [-0.05, 0) is 52.0 Å². The van der Waals surface area contributed by atoms with E-state index in [-0.39, 0.29) is 29.4 Å². The van der Waals surface area contributed by atoms with Crippen LogP contribution in [0.5, 0.6) is 5.75 Å². The maximum Gasteiger partial charge on any atom is 0.573 e. The first kappa shape index (κ1) is 27.7. The van der Waals surface area contributed by atoms with Crippen molar-refractivity contribution in [3.05, 3.63) is 34.8 Å². The highest BCUT2D eigenvalue weighted by atomic mass is 32.2. The Morgan fingerprint density at radius 3 is 2.28 bits per heavy atom. The Morgan fingerprint density at radius 2 is 1.75 bits per heavy atom. The van der Waals surface area contributed by atoms with Crippen molar-refractivity contribution in [2.45, 2.75) is 50.6 Å². The number of piperazine rings is 1. The average Bonchev–Trinajstić information content (AvgIpc) is 3.13. The van der Waals surface area contributed by atoms with E-state index in [4.69, 9.17) is 4.74 Å². The van der Waals surface area contributed by atoms with Crippen molar-refractivity contribution in [3.63, 3.8) is 0 Å². The number of anilines is 1. The van der Waals surface area contributed by atoms with Crippen LogP contribution in [0.3, 0.4) is 0 Å². The minimum absolute atomic E-state index is 0.0684. The Labute approximate surface area is 209 Å². The molecule has 1 N–H and O–H groups in total. The smallest absolute Gasteiger partial charge is 0.480 e. The molecule has 10 nitrogen and oxygen atoms in total. The topological polar surface area (TPSA) is 126 Å². The fraction of sp³-hybridized carbons (Fsp3) is 0.476. The number of carboxylic acid groups (broad SMARTS) is 1. The normalized spacial score (nSPS) is 17.6. The Hall–Kier alpha value is -2.91. The van der Waals surface area contributed by atoms with Gasteiger partial charge in [-0.15, -0.1) is 13.2 Å². The minimum atomic E-state index is -4.94. The predicted octanol–water partition coefficient (Wildman–Crippen LogP) is 3.27. The first-order valence-corrected chi connectivity index (χ1v) is 12.8. The van der Waals surface area contributed by atoms with E-state index >= 15 is 0 Å². The lowest BCUT2D eigenvalue weighted by molar-refractivity contribution is -0.274. The lowest BCUT2D eigenvalue weighted by Crippen LogP contribution is -2.58. The number of thiazole rings is 1. The maximum atomic E-state index is 13.1. The van der Waals surface area contributed by atoms with Crippen molar-refractivity contribution in [3.8, 4) is 5.75 Å². The van der Waals surface area contributed by atoms with Crippen LogP contribution >= 0.6 is 11.3 Å². The summed E-state index contributed by atoms with van der Waals surface area (Å²) in [6.07, 6.45) is -4.94. The Balaban J connectivity index is 1.81. The zero-order chi connectivity index (χ0) is 27.1. The molecular weight excluding hydrogens is 527 g/mol. The van der Waals surface area contributed by atoms with Crippen molar-refractivity contribution >= 4 is 38.4 Å². The number of hydrogen-bond donors (Lipinski definition) is 1. The van der Waals surface area contributed by atoms with Gasteiger partial charge < -0.3 is 19.5 Å². The number of alkyl halides is 3. The number of aryl methyl sites for hydroxylation is 1. The van der Waals surface area contributed by atoms with Gasteiger partial charge in [0.05, 0.1) is 10.6 Å². The summed E-state index contributed by atoms with van der Waals surface area (Å²) in [4.78, 5) is 30.2. The van der Waals surface area contributed by atoms with Crippen LogP contribution in [0.1, 0.15) is 36.1 Å². The molecule has 198 valence electrons. The van der Waals surface area contributed by atoms with Crippen molar-refractivity contribution < 1.29 is 45.8 Å². The molecule has 1 saturated heterocycles. The summed E-state index contributed by atoms with van der Waals surface area (Å²) < 4.78 is 73.3. The van der Waals surface area contributed by atoms with Crippen LogP contribution in [0.25, 0.3) is 0 Å². The SMILES string of the molecule is Cc1nc(N2CCN(S(=O)(=O)c3ccc(OC(F)(F)F)cc3)[C@@H](C(=O)O)C2)sc1C(=O)OC(C)(C)C. The van der Waals surface area contributed by atoms with E-state index in [9.17, 15) is 36.3 Å². The van der Waals surface area contributed by atoms with Gasteiger partial charge >= 0.3 is 18.3 Å². The number of carboxylic acids is 1. The number of ether oxygens (including phenoxy) is 2. The molecule has 15 heteroatoms. The molecule has 3 rings (SSSR count). The molecule has 1 aromatic heterocycles. The molecular formula is C21H24F3N3O7S2. The molecule has 0 aliphatic carbocycles. The molecule has 1 fully saturated rings. The molecule has 1 atom stereocenters. The number of carbonyl (C=O) groups is 2. The summed E-state index contributed by atoms with van der Waals surface area (Å²) in [5, 5.41) is 10.1. The second-order valence-corrected chi connectivity index (χ2v) is 11.7. The molecule has 0 radical (unpaired) electrons. The van der Waals surface area contributed by atoms with Gasteiger partial charge in [0, 0.05) is 19.6 Å². The Bertz CT molecular complexity index is 1240. The van der Waals surface area contributed by atoms with Gasteiger partial charge in [-0.3, -0.25) is 4.79 Å². The lowest BCUT2D eigenvalue weighted by Gasteiger charge is -2.38.